The average Bonchev–Trinajstić information content (AvgIpc) is 2.63. The number of nitrogens with one attached hydrogen (secondary N) is 1. The molecular weight excluding hydrogens is 314 g/mol. The Morgan fingerprint density at radius 3 is 2.72 bits per heavy atom. The van der Waals surface area contributed by atoms with E-state index in [-0.39, 0.29) is 11.9 Å². The molecule has 140 valence electrons. The Morgan fingerprint density at radius 2 is 2.00 bits per heavy atom. The second-order valence-corrected chi connectivity index (χ2v) is 6.84. The minimum atomic E-state index is 0.152. The number of carbonyl (C=O) groups is 1. The standard InChI is InChI=1S/C20H33N3O2/c1-17-7-6-8-18(15-17)19(23-11-13-25-14-12-23)16-22-20(24)9-4-2-3-5-10-21/h6-8,15,19H,2-5,9-14,16,21H2,1H3,(H,22,24). The van der Waals surface area contributed by atoms with E-state index in [1.807, 2.05) is 0 Å². The first-order chi connectivity index (χ1) is 12.2. The van der Waals surface area contributed by atoms with E-state index in [1.165, 1.54) is 11.1 Å². The number of benzene rings is 1. The molecule has 1 aromatic rings. The van der Waals surface area contributed by atoms with Crippen LogP contribution in [0.25, 0.3) is 0 Å². The van der Waals surface area contributed by atoms with E-state index in [1.54, 1.807) is 0 Å². The molecule has 1 fully saturated rings. The van der Waals surface area contributed by atoms with Crippen molar-refractivity contribution in [1.29, 1.82) is 0 Å². The van der Waals surface area contributed by atoms with Gasteiger partial charge in [0, 0.05) is 26.1 Å². The molecule has 3 N–H and O–H groups in total. The number of rotatable bonds is 10. The number of unbranched alkanes of at least 4 members (excludes halogenated alkanes) is 3. The predicted octanol–water partition coefficient (Wildman–Crippen LogP) is 2.39. The number of ether oxygens (including phenoxy) is 1. The molecule has 1 aliphatic heterocycles. The van der Waals surface area contributed by atoms with Gasteiger partial charge in [-0.3, -0.25) is 9.69 Å². The second-order valence-electron chi connectivity index (χ2n) is 6.84. The number of morpholine rings is 1. The summed E-state index contributed by atoms with van der Waals surface area (Å²) in [5, 5.41) is 3.14. The van der Waals surface area contributed by atoms with E-state index in [9.17, 15) is 4.79 Å². The van der Waals surface area contributed by atoms with Crippen LogP contribution in [0.3, 0.4) is 0 Å². The Bertz CT molecular complexity index is 515. The zero-order chi connectivity index (χ0) is 17.9. The molecule has 1 heterocycles. The van der Waals surface area contributed by atoms with Crippen molar-refractivity contribution in [1.82, 2.24) is 10.2 Å². The van der Waals surface area contributed by atoms with Gasteiger partial charge in [0.1, 0.15) is 0 Å². The maximum absolute atomic E-state index is 12.2. The summed E-state index contributed by atoms with van der Waals surface area (Å²) < 4.78 is 5.48. The van der Waals surface area contributed by atoms with Gasteiger partial charge < -0.3 is 15.8 Å². The fourth-order valence-electron chi connectivity index (χ4n) is 3.31. The highest BCUT2D eigenvalue weighted by molar-refractivity contribution is 5.75. The van der Waals surface area contributed by atoms with Crippen molar-refractivity contribution in [2.75, 3.05) is 39.4 Å². The van der Waals surface area contributed by atoms with E-state index in [0.717, 1.165) is 58.5 Å². The van der Waals surface area contributed by atoms with Crippen LogP contribution in [0.2, 0.25) is 0 Å². The van der Waals surface area contributed by atoms with Crippen molar-refractivity contribution in [3.63, 3.8) is 0 Å². The molecule has 0 aromatic heterocycles. The normalized spacial score (nSPS) is 16.6. The number of aryl methyl sites for hydroxylation is 1. The molecule has 0 radical (unpaired) electrons. The van der Waals surface area contributed by atoms with Crippen LogP contribution in [0.5, 0.6) is 0 Å². The summed E-state index contributed by atoms with van der Waals surface area (Å²) in [6, 6.07) is 8.80. The topological polar surface area (TPSA) is 67.6 Å². The van der Waals surface area contributed by atoms with Gasteiger partial charge in [0.2, 0.25) is 5.91 Å². The Hall–Kier alpha value is -1.43. The Balaban J connectivity index is 1.86. The lowest BCUT2D eigenvalue weighted by Crippen LogP contribution is -2.43. The summed E-state index contributed by atoms with van der Waals surface area (Å²) in [5.74, 6) is 0.152. The highest BCUT2D eigenvalue weighted by Gasteiger charge is 2.23. The van der Waals surface area contributed by atoms with Crippen LogP contribution in [-0.2, 0) is 9.53 Å². The zero-order valence-corrected chi connectivity index (χ0v) is 15.5. The molecule has 2 rings (SSSR count). The highest BCUT2D eigenvalue weighted by atomic mass is 16.5. The smallest absolute Gasteiger partial charge is 0.220 e. The second kappa shape index (κ2) is 11.2. The molecule has 1 unspecified atom stereocenters. The van der Waals surface area contributed by atoms with Crippen molar-refractivity contribution in [2.45, 2.75) is 45.1 Å². The third kappa shape index (κ3) is 7.14. The predicted molar refractivity (Wildman–Crippen MR) is 101 cm³/mol. The minimum Gasteiger partial charge on any atom is -0.379 e. The summed E-state index contributed by atoms with van der Waals surface area (Å²) in [6.07, 6.45) is 4.79. The zero-order valence-electron chi connectivity index (χ0n) is 15.5. The monoisotopic (exact) mass is 347 g/mol. The lowest BCUT2D eigenvalue weighted by atomic mass is 10.0. The summed E-state index contributed by atoms with van der Waals surface area (Å²) in [6.45, 7) is 6.85. The van der Waals surface area contributed by atoms with Gasteiger partial charge in [-0.1, -0.05) is 42.7 Å². The molecule has 1 saturated heterocycles. The molecule has 5 nitrogen and oxygen atoms in total. The maximum Gasteiger partial charge on any atom is 0.220 e. The number of carbonyl (C=O) groups excluding carboxylic acids is 1. The molecule has 0 aliphatic carbocycles. The minimum absolute atomic E-state index is 0.152. The van der Waals surface area contributed by atoms with Gasteiger partial charge in [-0.25, -0.2) is 0 Å². The van der Waals surface area contributed by atoms with Crippen LogP contribution in [-0.4, -0.2) is 50.2 Å². The van der Waals surface area contributed by atoms with Crippen LogP contribution in [0.15, 0.2) is 24.3 Å². The molecule has 1 aliphatic rings. The first-order valence-electron chi connectivity index (χ1n) is 9.56. The van der Waals surface area contributed by atoms with Gasteiger partial charge in [0.15, 0.2) is 0 Å². The largest absolute Gasteiger partial charge is 0.379 e. The molecule has 1 amide bonds. The van der Waals surface area contributed by atoms with E-state index < -0.39 is 0 Å². The molecule has 0 saturated carbocycles. The van der Waals surface area contributed by atoms with Gasteiger partial charge in [-0.15, -0.1) is 0 Å². The lowest BCUT2D eigenvalue weighted by Gasteiger charge is -2.35. The number of nitrogens with zero attached hydrogens (tertiary/aromatic N) is 1. The molecule has 1 atom stereocenters. The number of nitrogens with two attached hydrogens (primary N) is 1. The fraction of sp³-hybridized carbons (Fsp3) is 0.650. The first-order valence-corrected chi connectivity index (χ1v) is 9.56. The van der Waals surface area contributed by atoms with Crippen molar-refractivity contribution < 1.29 is 9.53 Å². The van der Waals surface area contributed by atoms with Gasteiger partial charge in [-0.05, 0) is 31.9 Å². The third-order valence-electron chi connectivity index (χ3n) is 4.76. The Kier molecular flexibility index (Phi) is 8.94. The number of hydrogen-bond acceptors (Lipinski definition) is 4. The average molecular weight is 348 g/mol. The maximum atomic E-state index is 12.2. The molecule has 0 spiro atoms. The van der Waals surface area contributed by atoms with Crippen LogP contribution < -0.4 is 11.1 Å². The Morgan fingerprint density at radius 1 is 1.24 bits per heavy atom. The van der Waals surface area contributed by atoms with Crippen LogP contribution in [0, 0.1) is 6.92 Å². The van der Waals surface area contributed by atoms with Crippen molar-refractivity contribution in [3.05, 3.63) is 35.4 Å². The summed E-state index contributed by atoms with van der Waals surface area (Å²) in [5.41, 5.74) is 8.02. The lowest BCUT2D eigenvalue weighted by molar-refractivity contribution is -0.121. The molecule has 0 bridgehead atoms. The summed E-state index contributed by atoms with van der Waals surface area (Å²) in [7, 11) is 0. The van der Waals surface area contributed by atoms with Gasteiger partial charge in [-0.2, -0.15) is 0 Å². The molecular formula is C20H33N3O2. The molecule has 5 heteroatoms. The van der Waals surface area contributed by atoms with E-state index in [4.69, 9.17) is 10.5 Å². The third-order valence-corrected chi connectivity index (χ3v) is 4.76. The van der Waals surface area contributed by atoms with Gasteiger partial charge >= 0.3 is 0 Å². The van der Waals surface area contributed by atoms with E-state index in [2.05, 4.69) is 41.4 Å². The molecule has 25 heavy (non-hydrogen) atoms. The number of amides is 1. The van der Waals surface area contributed by atoms with Gasteiger partial charge in [0.25, 0.3) is 0 Å². The van der Waals surface area contributed by atoms with Crippen molar-refractivity contribution in [2.24, 2.45) is 5.73 Å². The van der Waals surface area contributed by atoms with E-state index >= 15 is 0 Å². The fourth-order valence-corrected chi connectivity index (χ4v) is 3.31. The van der Waals surface area contributed by atoms with Crippen molar-refractivity contribution >= 4 is 5.91 Å². The number of hydrogen-bond donors (Lipinski definition) is 2. The van der Waals surface area contributed by atoms with Crippen molar-refractivity contribution in [3.8, 4) is 0 Å². The molecule has 1 aromatic carbocycles. The highest BCUT2D eigenvalue weighted by Crippen LogP contribution is 2.22. The van der Waals surface area contributed by atoms with Gasteiger partial charge in [0.05, 0.1) is 19.3 Å². The summed E-state index contributed by atoms with van der Waals surface area (Å²) in [4.78, 5) is 14.6. The van der Waals surface area contributed by atoms with Crippen LogP contribution in [0.1, 0.15) is 49.3 Å². The summed E-state index contributed by atoms with van der Waals surface area (Å²) >= 11 is 0. The quantitative estimate of drug-likeness (QED) is 0.638. The van der Waals surface area contributed by atoms with Crippen LogP contribution in [0.4, 0.5) is 0 Å². The SMILES string of the molecule is Cc1cccc(C(CNC(=O)CCCCCCN)N2CCOCC2)c1. The van der Waals surface area contributed by atoms with Crippen LogP contribution >= 0.6 is 0 Å². The Labute approximate surface area is 151 Å². The van der Waals surface area contributed by atoms with E-state index in [0.29, 0.717) is 13.0 Å². The first kappa shape index (κ1) is 19.9.